The molecule has 0 aliphatic heterocycles. The second kappa shape index (κ2) is 13.5. The van der Waals surface area contributed by atoms with E-state index in [9.17, 15) is 0 Å². The van der Waals surface area contributed by atoms with Crippen molar-refractivity contribution < 1.29 is 0 Å². The van der Waals surface area contributed by atoms with Gasteiger partial charge < -0.3 is 9.80 Å². The fourth-order valence-electron chi connectivity index (χ4n) is 10.9. The zero-order chi connectivity index (χ0) is 41.0. The topological polar surface area (TPSA) is 6.48 Å². The second-order valence-electron chi connectivity index (χ2n) is 18.7. The fraction of sp³-hybridized carbons (Fsp3) is 0.286. The summed E-state index contributed by atoms with van der Waals surface area (Å²) in [4.78, 5) is 5.02. The van der Waals surface area contributed by atoms with Gasteiger partial charge in [0.1, 0.15) is 0 Å². The second-order valence-corrected chi connectivity index (χ2v) is 18.7. The Balaban J connectivity index is 1.18. The number of allylic oxidation sites excluding steroid dienone is 6. The van der Waals surface area contributed by atoms with Gasteiger partial charge in [0.15, 0.2) is 0 Å². The third kappa shape index (κ3) is 5.74. The molecular formula is C56H58N2. The Hall–Kier alpha value is -5.60. The molecule has 0 aromatic heterocycles. The van der Waals surface area contributed by atoms with Gasteiger partial charge in [-0.05, 0) is 170 Å². The molecule has 0 saturated heterocycles. The van der Waals surface area contributed by atoms with E-state index in [0.29, 0.717) is 0 Å². The van der Waals surface area contributed by atoms with E-state index in [1.54, 1.807) is 5.57 Å². The molecular weight excluding hydrogens is 701 g/mol. The lowest BCUT2D eigenvalue weighted by molar-refractivity contribution is 0.560. The van der Waals surface area contributed by atoms with Crippen LogP contribution in [0.2, 0.25) is 0 Å². The van der Waals surface area contributed by atoms with Crippen molar-refractivity contribution in [1.29, 1.82) is 0 Å². The SMILES string of the molecule is C=C(C)N(C1=CCC=C2C(=C1)C(C)(C)c1cc3c(cc12)C(C)(C)C1=C3c2ccccc2C(N(c2ccc(C)cc2C)c2ccc(C)cc2C)C1)c1ccc(C)cc1C. The highest BCUT2D eigenvalue weighted by Gasteiger charge is 2.47. The molecule has 0 bridgehead atoms. The van der Waals surface area contributed by atoms with Gasteiger partial charge in [-0.25, -0.2) is 0 Å². The maximum Gasteiger partial charge on any atom is 0.0635 e. The average molecular weight is 759 g/mol. The van der Waals surface area contributed by atoms with Gasteiger partial charge in [-0.15, -0.1) is 0 Å². The Morgan fingerprint density at radius 3 is 1.76 bits per heavy atom. The van der Waals surface area contributed by atoms with Gasteiger partial charge in [0.05, 0.1) is 6.04 Å². The minimum Gasteiger partial charge on any atom is -0.333 e. The highest BCUT2D eigenvalue weighted by atomic mass is 15.2. The third-order valence-corrected chi connectivity index (χ3v) is 13.8. The number of benzene rings is 5. The number of fused-ring (bicyclic) bond motifs is 7. The quantitative estimate of drug-likeness (QED) is 0.170. The summed E-state index contributed by atoms with van der Waals surface area (Å²) in [6, 6.07) is 35.3. The molecule has 4 aliphatic rings. The summed E-state index contributed by atoms with van der Waals surface area (Å²) in [7, 11) is 0. The number of rotatable bonds is 6. The van der Waals surface area contributed by atoms with Crippen LogP contribution in [0.5, 0.6) is 0 Å². The fourth-order valence-corrected chi connectivity index (χ4v) is 10.9. The van der Waals surface area contributed by atoms with Crippen LogP contribution in [0, 0.1) is 41.5 Å². The Morgan fingerprint density at radius 1 is 0.621 bits per heavy atom. The predicted octanol–water partition coefficient (Wildman–Crippen LogP) is 14.8. The standard InChI is InChI=1S/C56H58N2/c1-33(2)57(50-23-20-34(3)26-37(50)6)40-16-15-19-41-44-30-48-45(31-47(44)55(9,10)46(41)29-40)54-43-18-14-13-17-42(43)53(32-49(54)56(48,11)12)58(51-24-21-35(4)27-38(51)7)52-25-22-36(5)28-39(52)8/h13-14,16-31,53H,1,15,32H2,2-12H3. The molecule has 292 valence electrons. The highest BCUT2D eigenvalue weighted by molar-refractivity contribution is 5.98. The first kappa shape index (κ1) is 37.9. The monoisotopic (exact) mass is 758 g/mol. The van der Waals surface area contributed by atoms with Crippen molar-refractivity contribution in [2.75, 3.05) is 9.80 Å². The Morgan fingerprint density at radius 2 is 1.17 bits per heavy atom. The minimum atomic E-state index is -0.185. The summed E-state index contributed by atoms with van der Waals surface area (Å²) < 4.78 is 0. The van der Waals surface area contributed by atoms with Crippen LogP contribution >= 0.6 is 0 Å². The zero-order valence-electron chi connectivity index (χ0n) is 36.5. The van der Waals surface area contributed by atoms with Crippen LogP contribution < -0.4 is 9.80 Å². The molecule has 2 heteroatoms. The van der Waals surface area contributed by atoms with Crippen molar-refractivity contribution in [2.24, 2.45) is 0 Å². The predicted molar refractivity (Wildman–Crippen MR) is 248 cm³/mol. The van der Waals surface area contributed by atoms with Crippen molar-refractivity contribution in [1.82, 2.24) is 0 Å². The normalized spacial score (nSPS) is 18.2. The Labute approximate surface area is 347 Å². The lowest BCUT2D eigenvalue weighted by Crippen LogP contribution is -2.31. The molecule has 4 aliphatic carbocycles. The number of hydrogen-bond acceptors (Lipinski definition) is 2. The summed E-state index contributed by atoms with van der Waals surface area (Å²) >= 11 is 0. The summed E-state index contributed by atoms with van der Waals surface area (Å²) in [6.07, 6.45) is 9.14. The van der Waals surface area contributed by atoms with Crippen LogP contribution in [0.3, 0.4) is 0 Å². The smallest absolute Gasteiger partial charge is 0.0635 e. The molecule has 5 aromatic carbocycles. The van der Waals surface area contributed by atoms with E-state index in [4.69, 9.17) is 0 Å². The zero-order valence-corrected chi connectivity index (χ0v) is 36.5. The summed E-state index contributed by atoms with van der Waals surface area (Å²) in [6.45, 7) is 29.8. The third-order valence-electron chi connectivity index (χ3n) is 13.8. The van der Waals surface area contributed by atoms with Crippen molar-refractivity contribution in [3.8, 4) is 0 Å². The Kier molecular flexibility index (Phi) is 8.82. The molecule has 1 unspecified atom stereocenters. The molecule has 9 rings (SSSR count). The van der Waals surface area contributed by atoms with Gasteiger partial charge in [0, 0.05) is 39.3 Å². The first-order chi connectivity index (χ1) is 27.6. The number of hydrogen-bond donors (Lipinski definition) is 0. The van der Waals surface area contributed by atoms with Crippen LogP contribution in [0.15, 0.2) is 138 Å². The van der Waals surface area contributed by atoms with Crippen LogP contribution in [-0.2, 0) is 10.8 Å². The van der Waals surface area contributed by atoms with E-state index in [2.05, 4.69) is 202 Å². The molecule has 0 spiro atoms. The van der Waals surface area contributed by atoms with Crippen LogP contribution in [0.25, 0.3) is 11.1 Å². The molecule has 58 heavy (non-hydrogen) atoms. The first-order valence-corrected chi connectivity index (χ1v) is 21.2. The molecule has 1 atom stereocenters. The lowest BCUT2D eigenvalue weighted by Gasteiger charge is -2.41. The van der Waals surface area contributed by atoms with Crippen LogP contribution in [0.1, 0.15) is 120 Å². The lowest BCUT2D eigenvalue weighted by atomic mass is 9.74. The summed E-state index contributed by atoms with van der Waals surface area (Å²) in [5, 5.41) is 0. The molecule has 5 aromatic rings. The maximum absolute atomic E-state index is 4.47. The van der Waals surface area contributed by atoms with Gasteiger partial charge in [-0.2, -0.15) is 0 Å². The molecule has 0 N–H and O–H groups in total. The molecule has 0 fully saturated rings. The van der Waals surface area contributed by atoms with Crippen LogP contribution in [0.4, 0.5) is 17.1 Å². The van der Waals surface area contributed by atoms with E-state index >= 15 is 0 Å². The van der Waals surface area contributed by atoms with Gasteiger partial charge in [-0.1, -0.05) is 124 Å². The van der Waals surface area contributed by atoms with Gasteiger partial charge in [0.2, 0.25) is 0 Å². The van der Waals surface area contributed by atoms with E-state index < -0.39 is 0 Å². The summed E-state index contributed by atoms with van der Waals surface area (Å²) in [5.74, 6) is 0. The van der Waals surface area contributed by atoms with Crippen molar-refractivity contribution >= 4 is 28.2 Å². The largest absolute Gasteiger partial charge is 0.333 e. The number of nitrogens with zero attached hydrogens (tertiary/aromatic N) is 2. The average Bonchev–Trinajstić information content (AvgIpc) is 3.36. The van der Waals surface area contributed by atoms with E-state index in [-0.39, 0.29) is 16.9 Å². The molecule has 0 saturated carbocycles. The number of aryl methyl sites for hydroxylation is 6. The van der Waals surface area contributed by atoms with Gasteiger partial charge in [-0.3, -0.25) is 0 Å². The molecule has 0 radical (unpaired) electrons. The van der Waals surface area contributed by atoms with E-state index in [1.807, 2.05) is 0 Å². The highest BCUT2D eigenvalue weighted by Crippen LogP contribution is 2.61. The molecule has 2 nitrogen and oxygen atoms in total. The van der Waals surface area contributed by atoms with E-state index in [0.717, 1.165) is 18.5 Å². The van der Waals surface area contributed by atoms with Gasteiger partial charge in [0.25, 0.3) is 0 Å². The van der Waals surface area contributed by atoms with Gasteiger partial charge >= 0.3 is 0 Å². The number of anilines is 3. The Bertz CT molecular complexity index is 2670. The summed E-state index contributed by atoms with van der Waals surface area (Å²) in [5.41, 5.74) is 27.6. The van der Waals surface area contributed by atoms with Crippen molar-refractivity contribution in [2.45, 2.75) is 106 Å². The van der Waals surface area contributed by atoms with E-state index in [1.165, 1.54) is 106 Å². The maximum atomic E-state index is 4.47. The molecule has 0 amide bonds. The minimum absolute atomic E-state index is 0.145. The first-order valence-electron chi connectivity index (χ1n) is 21.2. The van der Waals surface area contributed by atoms with Crippen LogP contribution in [-0.4, -0.2) is 0 Å². The van der Waals surface area contributed by atoms with Crippen molar-refractivity contribution in [3.05, 3.63) is 205 Å². The molecule has 0 heterocycles. The van der Waals surface area contributed by atoms with Crippen molar-refractivity contribution in [3.63, 3.8) is 0 Å².